The third-order valence-electron chi connectivity index (χ3n) is 2.91. The summed E-state index contributed by atoms with van der Waals surface area (Å²) in [7, 11) is 1.35. The zero-order valence-electron chi connectivity index (χ0n) is 8.16. The number of carbonyl (C=O) groups is 2. The fourth-order valence-electron chi connectivity index (χ4n) is 1.89. The first-order chi connectivity index (χ1) is 6.72. The van der Waals surface area contributed by atoms with Gasteiger partial charge < -0.3 is 4.74 Å². The summed E-state index contributed by atoms with van der Waals surface area (Å²) in [5.74, 6) is -0.414. The zero-order chi connectivity index (χ0) is 10.1. The van der Waals surface area contributed by atoms with Crippen molar-refractivity contribution in [2.45, 2.75) is 37.8 Å². The van der Waals surface area contributed by atoms with Crippen molar-refractivity contribution in [1.82, 2.24) is 10.4 Å². The van der Waals surface area contributed by atoms with Crippen LogP contribution in [0.5, 0.6) is 0 Å². The lowest BCUT2D eigenvalue weighted by Crippen LogP contribution is -2.51. The number of nitrogens with zero attached hydrogens (tertiary/aromatic N) is 1. The normalized spacial score (nSPS) is 28.4. The van der Waals surface area contributed by atoms with E-state index in [0.29, 0.717) is 6.04 Å². The molecule has 1 atom stereocenters. The summed E-state index contributed by atoms with van der Waals surface area (Å²) in [6.45, 7) is 0. The maximum atomic E-state index is 11.4. The molecular formula is C9H14N2O3. The van der Waals surface area contributed by atoms with E-state index in [9.17, 15) is 9.59 Å². The minimum absolute atomic E-state index is 0.0905. The summed E-state index contributed by atoms with van der Waals surface area (Å²) in [5.41, 5.74) is 2.71. The molecule has 1 heterocycles. The number of ether oxygens (including phenoxy) is 1. The van der Waals surface area contributed by atoms with E-state index in [4.69, 9.17) is 0 Å². The number of hydrogen-bond acceptors (Lipinski definition) is 4. The molecule has 2 rings (SSSR count). The van der Waals surface area contributed by atoms with Crippen molar-refractivity contribution < 1.29 is 14.3 Å². The number of rotatable bonds is 2. The van der Waals surface area contributed by atoms with Crippen LogP contribution in [0.25, 0.3) is 0 Å². The first-order valence-corrected chi connectivity index (χ1v) is 4.88. The third-order valence-corrected chi connectivity index (χ3v) is 2.91. The Bertz CT molecular complexity index is 263. The smallest absolute Gasteiger partial charge is 0.325 e. The summed E-state index contributed by atoms with van der Waals surface area (Å²) >= 11 is 0. The molecule has 0 aromatic carbocycles. The Labute approximate surface area is 82.4 Å². The molecule has 1 saturated heterocycles. The maximum Gasteiger partial charge on any atom is 0.325 e. The molecule has 2 fully saturated rings. The molecule has 1 amide bonds. The highest BCUT2D eigenvalue weighted by Crippen LogP contribution is 2.28. The lowest BCUT2D eigenvalue weighted by Gasteiger charge is -2.36. The SMILES string of the molecule is COC(=O)C1CC(=O)NN1C1CCC1. The fraction of sp³-hybridized carbons (Fsp3) is 0.778. The summed E-state index contributed by atoms with van der Waals surface area (Å²) in [6, 6.07) is -0.0941. The van der Waals surface area contributed by atoms with Crippen LogP contribution in [0.1, 0.15) is 25.7 Å². The summed E-state index contributed by atoms with van der Waals surface area (Å²) in [6.07, 6.45) is 3.50. The molecule has 1 unspecified atom stereocenters. The van der Waals surface area contributed by atoms with E-state index in [2.05, 4.69) is 10.2 Å². The Morgan fingerprint density at radius 2 is 2.29 bits per heavy atom. The molecule has 5 nitrogen and oxygen atoms in total. The molecule has 1 saturated carbocycles. The Morgan fingerprint density at radius 1 is 1.57 bits per heavy atom. The minimum Gasteiger partial charge on any atom is -0.468 e. The van der Waals surface area contributed by atoms with E-state index in [-0.39, 0.29) is 18.3 Å². The van der Waals surface area contributed by atoms with Gasteiger partial charge in [-0.15, -0.1) is 0 Å². The Hall–Kier alpha value is -1.10. The number of hydrazine groups is 1. The van der Waals surface area contributed by atoms with Gasteiger partial charge in [0.15, 0.2) is 0 Å². The second kappa shape index (κ2) is 3.57. The molecule has 1 N–H and O–H groups in total. The average Bonchev–Trinajstić information content (AvgIpc) is 2.43. The van der Waals surface area contributed by atoms with Crippen LogP contribution in [-0.4, -0.2) is 36.1 Å². The molecule has 2 aliphatic rings. The van der Waals surface area contributed by atoms with Crippen molar-refractivity contribution in [2.24, 2.45) is 0 Å². The van der Waals surface area contributed by atoms with E-state index in [1.807, 2.05) is 0 Å². The lowest BCUT2D eigenvalue weighted by atomic mass is 9.92. The van der Waals surface area contributed by atoms with Crippen LogP contribution in [0.15, 0.2) is 0 Å². The second-order valence-corrected chi connectivity index (χ2v) is 3.77. The highest BCUT2D eigenvalue weighted by Gasteiger charge is 2.42. The van der Waals surface area contributed by atoms with Crippen LogP contribution in [-0.2, 0) is 14.3 Å². The van der Waals surface area contributed by atoms with Crippen LogP contribution in [0.2, 0.25) is 0 Å². The number of carbonyl (C=O) groups excluding carboxylic acids is 2. The van der Waals surface area contributed by atoms with Gasteiger partial charge in [-0.3, -0.25) is 15.0 Å². The number of nitrogens with one attached hydrogen (secondary N) is 1. The Kier molecular flexibility index (Phi) is 2.41. The molecule has 0 aromatic rings. The van der Waals surface area contributed by atoms with E-state index >= 15 is 0 Å². The summed E-state index contributed by atoms with van der Waals surface area (Å²) in [4.78, 5) is 22.5. The van der Waals surface area contributed by atoms with Crippen LogP contribution in [0, 0.1) is 0 Å². The van der Waals surface area contributed by atoms with E-state index in [1.54, 1.807) is 5.01 Å². The molecule has 14 heavy (non-hydrogen) atoms. The van der Waals surface area contributed by atoms with Gasteiger partial charge >= 0.3 is 5.97 Å². The van der Waals surface area contributed by atoms with Gasteiger partial charge in [0.2, 0.25) is 5.91 Å². The maximum absolute atomic E-state index is 11.4. The first kappa shape index (κ1) is 9.45. The Balaban J connectivity index is 2.05. The molecule has 78 valence electrons. The van der Waals surface area contributed by atoms with E-state index < -0.39 is 6.04 Å². The van der Waals surface area contributed by atoms with Crippen LogP contribution < -0.4 is 5.43 Å². The molecule has 1 aliphatic carbocycles. The monoisotopic (exact) mass is 198 g/mol. The van der Waals surface area contributed by atoms with Gasteiger partial charge in [0.1, 0.15) is 6.04 Å². The number of amides is 1. The molecule has 0 aromatic heterocycles. The van der Waals surface area contributed by atoms with E-state index in [1.165, 1.54) is 13.5 Å². The van der Waals surface area contributed by atoms with Crippen molar-refractivity contribution >= 4 is 11.9 Å². The number of hydrogen-bond donors (Lipinski definition) is 1. The van der Waals surface area contributed by atoms with Crippen molar-refractivity contribution in [3.63, 3.8) is 0 Å². The van der Waals surface area contributed by atoms with Crippen molar-refractivity contribution in [2.75, 3.05) is 7.11 Å². The van der Waals surface area contributed by atoms with Crippen molar-refractivity contribution in [3.05, 3.63) is 0 Å². The van der Waals surface area contributed by atoms with Gasteiger partial charge in [-0.25, -0.2) is 5.01 Å². The molecule has 0 radical (unpaired) electrons. The van der Waals surface area contributed by atoms with Gasteiger partial charge in [0, 0.05) is 6.04 Å². The fourth-order valence-corrected chi connectivity index (χ4v) is 1.89. The van der Waals surface area contributed by atoms with Gasteiger partial charge in [-0.1, -0.05) is 6.42 Å². The van der Waals surface area contributed by atoms with Crippen LogP contribution >= 0.6 is 0 Å². The quantitative estimate of drug-likeness (QED) is 0.625. The first-order valence-electron chi connectivity index (χ1n) is 4.88. The molecule has 5 heteroatoms. The predicted molar refractivity (Wildman–Crippen MR) is 48.0 cm³/mol. The highest BCUT2D eigenvalue weighted by atomic mass is 16.5. The van der Waals surface area contributed by atoms with Crippen LogP contribution in [0.3, 0.4) is 0 Å². The topological polar surface area (TPSA) is 58.6 Å². The number of esters is 1. The minimum atomic E-state index is -0.419. The van der Waals surface area contributed by atoms with Gasteiger partial charge in [0.05, 0.1) is 13.5 Å². The largest absolute Gasteiger partial charge is 0.468 e. The Morgan fingerprint density at radius 3 is 2.79 bits per heavy atom. The summed E-state index contributed by atoms with van der Waals surface area (Å²) in [5, 5.41) is 1.76. The molecule has 1 aliphatic heterocycles. The second-order valence-electron chi connectivity index (χ2n) is 3.77. The third kappa shape index (κ3) is 1.48. The average molecular weight is 198 g/mol. The molecule has 0 bridgehead atoms. The van der Waals surface area contributed by atoms with Crippen molar-refractivity contribution in [1.29, 1.82) is 0 Å². The molecule has 0 spiro atoms. The highest BCUT2D eigenvalue weighted by molar-refractivity contribution is 5.88. The molecular weight excluding hydrogens is 184 g/mol. The zero-order valence-corrected chi connectivity index (χ0v) is 8.16. The summed E-state index contributed by atoms with van der Waals surface area (Å²) < 4.78 is 4.66. The van der Waals surface area contributed by atoms with E-state index in [0.717, 1.165) is 12.8 Å². The van der Waals surface area contributed by atoms with Gasteiger partial charge in [0.25, 0.3) is 0 Å². The number of methoxy groups -OCH3 is 1. The predicted octanol–water partition coefficient (Wildman–Crippen LogP) is -0.183. The van der Waals surface area contributed by atoms with Gasteiger partial charge in [-0.05, 0) is 12.8 Å². The van der Waals surface area contributed by atoms with Crippen molar-refractivity contribution in [3.8, 4) is 0 Å². The standard InChI is InChI=1S/C9H14N2O3/c1-14-9(13)7-5-8(12)10-11(7)6-3-2-4-6/h6-7H,2-5H2,1H3,(H,10,12). The van der Waals surface area contributed by atoms with Gasteiger partial charge in [-0.2, -0.15) is 0 Å². The van der Waals surface area contributed by atoms with Crippen LogP contribution in [0.4, 0.5) is 0 Å². The lowest BCUT2D eigenvalue weighted by molar-refractivity contribution is -0.148.